The van der Waals surface area contributed by atoms with Crippen LogP contribution in [0.4, 0.5) is 0 Å². The lowest BCUT2D eigenvalue weighted by Crippen LogP contribution is -2.33. The van der Waals surface area contributed by atoms with Gasteiger partial charge in [0.1, 0.15) is 13.2 Å². The maximum Gasteiger partial charge on any atom is 0.165 e. The molecule has 0 N–H and O–H groups in total. The predicted molar refractivity (Wildman–Crippen MR) is 87.8 cm³/mol. The second-order valence-electron chi connectivity index (χ2n) is 6.45. The van der Waals surface area contributed by atoms with Crippen LogP contribution in [0.25, 0.3) is 0 Å². The van der Waals surface area contributed by atoms with Crippen LogP contribution >= 0.6 is 0 Å². The first-order chi connectivity index (χ1) is 11.3. The Kier molecular flexibility index (Phi) is 3.95. The fourth-order valence-electron chi connectivity index (χ4n) is 3.57. The van der Waals surface area contributed by atoms with Gasteiger partial charge in [0.15, 0.2) is 11.5 Å². The van der Waals surface area contributed by atoms with Crippen LogP contribution in [0, 0.1) is 6.92 Å². The van der Waals surface area contributed by atoms with Crippen LogP contribution in [0.5, 0.6) is 11.5 Å². The number of ether oxygens (including phenoxy) is 2. The molecule has 2 aromatic rings. The number of nitrogens with zero attached hydrogens (tertiary/aromatic N) is 3. The highest BCUT2D eigenvalue weighted by Crippen LogP contribution is 2.35. The Bertz CT molecular complexity index is 683. The van der Waals surface area contributed by atoms with E-state index >= 15 is 0 Å². The molecule has 3 heterocycles. The molecule has 5 heteroatoms. The highest BCUT2D eigenvalue weighted by molar-refractivity contribution is 5.47. The van der Waals surface area contributed by atoms with Crippen molar-refractivity contribution in [3.8, 4) is 11.5 Å². The van der Waals surface area contributed by atoms with Gasteiger partial charge < -0.3 is 9.47 Å². The Morgan fingerprint density at radius 2 is 2.17 bits per heavy atom. The van der Waals surface area contributed by atoms with Gasteiger partial charge in [-0.3, -0.25) is 9.58 Å². The zero-order valence-corrected chi connectivity index (χ0v) is 13.6. The van der Waals surface area contributed by atoms with Gasteiger partial charge in [0.25, 0.3) is 0 Å². The average molecular weight is 313 g/mol. The summed E-state index contributed by atoms with van der Waals surface area (Å²) in [5.74, 6) is 1.81. The molecule has 122 valence electrons. The van der Waals surface area contributed by atoms with Gasteiger partial charge in [-0.25, -0.2) is 0 Å². The van der Waals surface area contributed by atoms with E-state index < -0.39 is 0 Å². The maximum atomic E-state index is 5.85. The van der Waals surface area contributed by atoms with E-state index in [9.17, 15) is 0 Å². The van der Waals surface area contributed by atoms with Crippen molar-refractivity contribution in [3.63, 3.8) is 0 Å². The molecular weight excluding hydrogens is 290 g/mol. The number of likely N-dealkylation sites (tertiary alicyclic amines) is 1. The van der Waals surface area contributed by atoms with Gasteiger partial charge >= 0.3 is 0 Å². The summed E-state index contributed by atoms with van der Waals surface area (Å²) in [5.41, 5.74) is 2.45. The fraction of sp³-hybridized carbons (Fsp3) is 0.500. The molecule has 0 amide bonds. The molecule has 2 aliphatic heterocycles. The Balaban J connectivity index is 1.49. The molecule has 1 saturated heterocycles. The standard InChI is InChI=1S/C18H23N3O2/c1-14-10-19-21(11-14)13-16-5-3-7-20(16)12-15-4-2-6-17-18(15)23-9-8-22-17/h2,4,6,10-11,16H,3,5,7-9,12-13H2,1H3/t16-/m0/s1. The van der Waals surface area contributed by atoms with Crippen LogP contribution < -0.4 is 9.47 Å². The Labute approximate surface area is 136 Å². The third-order valence-corrected chi connectivity index (χ3v) is 4.68. The Morgan fingerprint density at radius 3 is 3.04 bits per heavy atom. The van der Waals surface area contributed by atoms with Gasteiger partial charge in [0.05, 0.1) is 12.7 Å². The minimum absolute atomic E-state index is 0.537. The van der Waals surface area contributed by atoms with Gasteiger partial charge in [0.2, 0.25) is 0 Å². The largest absolute Gasteiger partial charge is 0.486 e. The van der Waals surface area contributed by atoms with Gasteiger partial charge in [0, 0.05) is 24.3 Å². The minimum atomic E-state index is 0.537. The van der Waals surface area contributed by atoms with Gasteiger partial charge in [-0.05, 0) is 37.9 Å². The zero-order chi connectivity index (χ0) is 15.6. The molecule has 1 aromatic carbocycles. The van der Waals surface area contributed by atoms with E-state index in [1.54, 1.807) is 0 Å². The summed E-state index contributed by atoms with van der Waals surface area (Å²) in [5, 5.41) is 4.44. The summed E-state index contributed by atoms with van der Waals surface area (Å²) in [7, 11) is 0. The monoisotopic (exact) mass is 313 g/mol. The lowest BCUT2D eigenvalue weighted by Gasteiger charge is -2.27. The molecule has 23 heavy (non-hydrogen) atoms. The third-order valence-electron chi connectivity index (χ3n) is 4.68. The minimum Gasteiger partial charge on any atom is -0.486 e. The van der Waals surface area contributed by atoms with Crippen molar-refractivity contribution in [2.75, 3.05) is 19.8 Å². The van der Waals surface area contributed by atoms with E-state index in [1.165, 1.54) is 24.0 Å². The zero-order valence-electron chi connectivity index (χ0n) is 13.6. The van der Waals surface area contributed by atoms with Gasteiger partial charge in [-0.15, -0.1) is 0 Å². The van der Waals surface area contributed by atoms with Crippen molar-refractivity contribution in [3.05, 3.63) is 41.7 Å². The number of hydrogen-bond acceptors (Lipinski definition) is 4. The second-order valence-corrected chi connectivity index (χ2v) is 6.45. The van der Waals surface area contributed by atoms with Crippen molar-refractivity contribution >= 4 is 0 Å². The van der Waals surface area contributed by atoms with Crippen molar-refractivity contribution in [2.24, 2.45) is 0 Å². The number of para-hydroxylation sites is 1. The molecule has 0 radical (unpaired) electrons. The average Bonchev–Trinajstić information content (AvgIpc) is 3.17. The molecule has 0 aliphatic carbocycles. The molecule has 4 rings (SSSR count). The van der Waals surface area contributed by atoms with Crippen LogP contribution in [0.3, 0.4) is 0 Å². The highest BCUT2D eigenvalue weighted by Gasteiger charge is 2.27. The number of hydrogen-bond donors (Lipinski definition) is 0. The van der Waals surface area contributed by atoms with Gasteiger partial charge in [-0.1, -0.05) is 12.1 Å². The molecular formula is C18H23N3O2. The molecule has 0 saturated carbocycles. The summed E-state index contributed by atoms with van der Waals surface area (Å²) in [6.07, 6.45) is 6.53. The Hall–Kier alpha value is -2.01. The first-order valence-electron chi connectivity index (χ1n) is 8.40. The summed E-state index contributed by atoms with van der Waals surface area (Å²) in [6, 6.07) is 6.74. The molecule has 2 aliphatic rings. The number of aryl methyl sites for hydroxylation is 1. The van der Waals surface area contributed by atoms with Crippen LogP contribution in [0.2, 0.25) is 0 Å². The van der Waals surface area contributed by atoms with E-state index in [0.29, 0.717) is 19.3 Å². The first-order valence-corrected chi connectivity index (χ1v) is 8.40. The Morgan fingerprint density at radius 1 is 1.26 bits per heavy atom. The molecule has 1 fully saturated rings. The van der Waals surface area contributed by atoms with Gasteiger partial charge in [-0.2, -0.15) is 5.10 Å². The SMILES string of the molecule is Cc1cnn(C[C@@H]2CCCN2Cc2cccc3c2OCCO3)c1. The topological polar surface area (TPSA) is 39.5 Å². The third kappa shape index (κ3) is 3.06. The summed E-state index contributed by atoms with van der Waals surface area (Å²) in [4.78, 5) is 2.55. The van der Waals surface area contributed by atoms with E-state index in [0.717, 1.165) is 31.1 Å². The van der Waals surface area contributed by atoms with E-state index in [-0.39, 0.29) is 0 Å². The maximum absolute atomic E-state index is 5.85. The number of fused-ring (bicyclic) bond motifs is 1. The van der Waals surface area contributed by atoms with Crippen molar-refractivity contribution in [1.82, 2.24) is 14.7 Å². The van der Waals surface area contributed by atoms with Crippen LogP contribution in [-0.4, -0.2) is 40.5 Å². The van der Waals surface area contributed by atoms with Crippen LogP contribution in [-0.2, 0) is 13.1 Å². The summed E-state index contributed by atoms with van der Waals surface area (Å²) < 4.78 is 13.6. The van der Waals surface area contributed by atoms with E-state index in [1.807, 2.05) is 12.3 Å². The molecule has 1 atom stereocenters. The van der Waals surface area contributed by atoms with Crippen molar-refractivity contribution in [2.45, 2.75) is 38.9 Å². The molecule has 0 bridgehead atoms. The highest BCUT2D eigenvalue weighted by atomic mass is 16.6. The van der Waals surface area contributed by atoms with Crippen molar-refractivity contribution < 1.29 is 9.47 Å². The van der Waals surface area contributed by atoms with E-state index in [2.05, 4.69) is 39.9 Å². The quantitative estimate of drug-likeness (QED) is 0.870. The van der Waals surface area contributed by atoms with Crippen molar-refractivity contribution in [1.29, 1.82) is 0 Å². The molecule has 0 spiro atoms. The smallest absolute Gasteiger partial charge is 0.165 e. The molecule has 5 nitrogen and oxygen atoms in total. The second kappa shape index (κ2) is 6.24. The molecule has 0 unspecified atom stereocenters. The summed E-state index contributed by atoms with van der Waals surface area (Å²) >= 11 is 0. The van der Waals surface area contributed by atoms with Crippen LogP contribution in [0.1, 0.15) is 24.0 Å². The van der Waals surface area contributed by atoms with Crippen LogP contribution in [0.15, 0.2) is 30.6 Å². The molecule has 1 aromatic heterocycles. The lowest BCUT2D eigenvalue weighted by molar-refractivity contribution is 0.164. The normalized spacial score (nSPS) is 20.8. The number of rotatable bonds is 4. The lowest BCUT2D eigenvalue weighted by atomic mass is 10.1. The fourth-order valence-corrected chi connectivity index (χ4v) is 3.57. The number of aromatic nitrogens is 2. The number of benzene rings is 1. The predicted octanol–water partition coefficient (Wildman–Crippen LogP) is 2.63. The van der Waals surface area contributed by atoms with E-state index in [4.69, 9.17) is 9.47 Å². The summed E-state index contributed by atoms with van der Waals surface area (Å²) in [6.45, 7) is 6.37. The first kappa shape index (κ1) is 14.6.